The molecule has 1 atom stereocenters. The number of alkyl halides is 2. The van der Waals surface area contributed by atoms with Crippen LogP contribution in [0.2, 0.25) is 0 Å². The lowest BCUT2D eigenvalue weighted by Gasteiger charge is -2.21. The van der Waals surface area contributed by atoms with Gasteiger partial charge in [0.2, 0.25) is 0 Å². The summed E-state index contributed by atoms with van der Waals surface area (Å²) < 4.78 is 37.0. The summed E-state index contributed by atoms with van der Waals surface area (Å²) in [6, 6.07) is 4.94. The normalized spacial score (nSPS) is 16.9. The van der Waals surface area contributed by atoms with Gasteiger partial charge in [-0.1, -0.05) is 6.07 Å². The lowest BCUT2D eigenvalue weighted by Crippen LogP contribution is -2.40. The van der Waals surface area contributed by atoms with Crippen LogP contribution in [0.15, 0.2) is 35.6 Å². The van der Waals surface area contributed by atoms with Crippen LogP contribution in [-0.2, 0) is 13.6 Å². The molecule has 1 fully saturated rings. The Hall–Kier alpha value is -2.84. The van der Waals surface area contributed by atoms with Crippen molar-refractivity contribution in [2.24, 2.45) is 12.0 Å². The molecule has 1 aliphatic heterocycles. The molecule has 7 nitrogen and oxygen atoms in total. The quantitative estimate of drug-likeness (QED) is 0.523. The van der Waals surface area contributed by atoms with Gasteiger partial charge in [0.15, 0.2) is 17.5 Å². The van der Waals surface area contributed by atoms with Gasteiger partial charge in [-0.2, -0.15) is 13.9 Å². The van der Waals surface area contributed by atoms with Crippen molar-refractivity contribution in [3.63, 3.8) is 0 Å². The number of nitrogens with one attached hydrogen (secondary N) is 1. The van der Waals surface area contributed by atoms with Crippen molar-refractivity contribution >= 4 is 5.96 Å². The SMILES string of the molecule is CCNC(=NCc1ccc(OC(F)F)c(OCC)c1)N1CCC(c2cnn(C)c2)C1. The summed E-state index contributed by atoms with van der Waals surface area (Å²) in [5, 5.41) is 7.62. The minimum absolute atomic E-state index is 0.0327. The first kappa shape index (κ1) is 21.9. The molecule has 3 rings (SSSR count). The minimum atomic E-state index is -2.89. The van der Waals surface area contributed by atoms with Crippen LogP contribution >= 0.6 is 0 Å². The molecule has 0 spiro atoms. The number of aliphatic imine (C=N–C) groups is 1. The van der Waals surface area contributed by atoms with Gasteiger partial charge in [-0.15, -0.1) is 0 Å². The van der Waals surface area contributed by atoms with Crippen molar-refractivity contribution in [3.8, 4) is 11.5 Å². The molecule has 1 aromatic heterocycles. The van der Waals surface area contributed by atoms with Crippen LogP contribution in [0, 0.1) is 0 Å². The van der Waals surface area contributed by atoms with Crippen LogP contribution in [0.5, 0.6) is 11.5 Å². The summed E-state index contributed by atoms with van der Waals surface area (Å²) in [6.07, 6.45) is 5.04. The molecule has 164 valence electrons. The van der Waals surface area contributed by atoms with E-state index in [2.05, 4.69) is 26.2 Å². The number of nitrogens with zero attached hydrogens (tertiary/aromatic N) is 4. The standard InChI is InChI=1S/C21H29F2N5O2/c1-4-24-21(28-9-8-16(14-28)17-12-26-27(3)13-17)25-11-15-6-7-18(30-20(22)23)19(10-15)29-5-2/h6-7,10,12-13,16,20H,4-5,8-9,11,14H2,1-3H3,(H,24,25). The zero-order valence-corrected chi connectivity index (χ0v) is 17.6. The van der Waals surface area contributed by atoms with Crippen LogP contribution in [0.3, 0.4) is 0 Å². The van der Waals surface area contributed by atoms with E-state index in [1.165, 1.54) is 11.6 Å². The maximum absolute atomic E-state index is 12.6. The second kappa shape index (κ2) is 10.3. The molecule has 2 aromatic rings. The highest BCUT2D eigenvalue weighted by atomic mass is 19.3. The van der Waals surface area contributed by atoms with Crippen LogP contribution in [0.4, 0.5) is 8.78 Å². The van der Waals surface area contributed by atoms with Crippen molar-refractivity contribution in [2.75, 3.05) is 26.2 Å². The number of aryl methyl sites for hydroxylation is 1. The number of likely N-dealkylation sites (tertiary alicyclic amines) is 1. The summed E-state index contributed by atoms with van der Waals surface area (Å²) in [7, 11) is 1.93. The molecule has 0 amide bonds. The Morgan fingerprint density at radius 2 is 2.17 bits per heavy atom. The van der Waals surface area contributed by atoms with E-state index in [1.54, 1.807) is 19.1 Å². The van der Waals surface area contributed by atoms with E-state index < -0.39 is 6.61 Å². The van der Waals surface area contributed by atoms with Crippen molar-refractivity contribution in [2.45, 2.75) is 39.3 Å². The average Bonchev–Trinajstić information content (AvgIpc) is 3.36. The third kappa shape index (κ3) is 5.61. The van der Waals surface area contributed by atoms with Gasteiger partial charge in [-0.25, -0.2) is 4.99 Å². The lowest BCUT2D eigenvalue weighted by atomic mass is 10.0. The highest BCUT2D eigenvalue weighted by Gasteiger charge is 2.26. The second-order valence-corrected chi connectivity index (χ2v) is 7.14. The van der Waals surface area contributed by atoms with Crippen molar-refractivity contribution < 1.29 is 18.3 Å². The number of halogens is 2. The molecule has 1 aromatic carbocycles. The van der Waals surface area contributed by atoms with Gasteiger partial charge >= 0.3 is 6.61 Å². The summed E-state index contributed by atoms with van der Waals surface area (Å²) in [5.41, 5.74) is 2.10. The van der Waals surface area contributed by atoms with Gasteiger partial charge in [0.25, 0.3) is 0 Å². The summed E-state index contributed by atoms with van der Waals surface area (Å²) in [6.45, 7) is 4.26. The van der Waals surface area contributed by atoms with E-state index in [0.29, 0.717) is 24.8 Å². The smallest absolute Gasteiger partial charge is 0.387 e. The van der Waals surface area contributed by atoms with E-state index in [4.69, 9.17) is 9.73 Å². The molecule has 1 aliphatic rings. The molecule has 0 aliphatic carbocycles. The maximum Gasteiger partial charge on any atom is 0.387 e. The number of benzene rings is 1. The molecule has 1 saturated heterocycles. The van der Waals surface area contributed by atoms with Crippen LogP contribution in [-0.4, -0.2) is 53.5 Å². The molecule has 30 heavy (non-hydrogen) atoms. The molecule has 0 saturated carbocycles. The van der Waals surface area contributed by atoms with Crippen molar-refractivity contribution in [3.05, 3.63) is 41.7 Å². The largest absolute Gasteiger partial charge is 0.490 e. The van der Waals surface area contributed by atoms with Gasteiger partial charge in [0.1, 0.15) is 0 Å². The molecular formula is C21H29F2N5O2. The van der Waals surface area contributed by atoms with Gasteiger partial charge in [0, 0.05) is 38.8 Å². The fraction of sp³-hybridized carbons (Fsp3) is 0.524. The fourth-order valence-corrected chi connectivity index (χ4v) is 3.58. The third-order valence-corrected chi connectivity index (χ3v) is 4.95. The monoisotopic (exact) mass is 421 g/mol. The van der Waals surface area contributed by atoms with Crippen molar-refractivity contribution in [1.82, 2.24) is 20.0 Å². The zero-order chi connectivity index (χ0) is 21.5. The van der Waals surface area contributed by atoms with Gasteiger partial charge in [0.05, 0.1) is 19.3 Å². The van der Waals surface area contributed by atoms with Gasteiger partial charge in [-0.3, -0.25) is 4.68 Å². The topological polar surface area (TPSA) is 63.9 Å². The molecule has 2 heterocycles. The van der Waals surface area contributed by atoms with Crippen LogP contribution in [0.25, 0.3) is 0 Å². The maximum atomic E-state index is 12.6. The van der Waals surface area contributed by atoms with E-state index in [0.717, 1.165) is 37.6 Å². The fourth-order valence-electron chi connectivity index (χ4n) is 3.58. The van der Waals surface area contributed by atoms with Gasteiger partial charge in [-0.05, 0) is 43.5 Å². The number of ether oxygens (including phenoxy) is 2. The van der Waals surface area contributed by atoms with E-state index in [-0.39, 0.29) is 5.75 Å². The van der Waals surface area contributed by atoms with E-state index in [9.17, 15) is 8.78 Å². The Labute approximate surface area is 175 Å². The predicted octanol–water partition coefficient (Wildman–Crippen LogP) is 3.38. The molecule has 1 N–H and O–H groups in total. The first-order valence-electron chi connectivity index (χ1n) is 10.2. The molecular weight excluding hydrogens is 392 g/mol. The minimum Gasteiger partial charge on any atom is -0.490 e. The summed E-state index contributed by atoms with van der Waals surface area (Å²) in [4.78, 5) is 7.01. The molecule has 9 heteroatoms. The van der Waals surface area contributed by atoms with Crippen LogP contribution in [0.1, 0.15) is 37.3 Å². The first-order chi connectivity index (χ1) is 14.5. The first-order valence-corrected chi connectivity index (χ1v) is 10.2. The highest BCUT2D eigenvalue weighted by molar-refractivity contribution is 5.80. The third-order valence-electron chi connectivity index (χ3n) is 4.95. The van der Waals surface area contributed by atoms with Crippen molar-refractivity contribution in [1.29, 1.82) is 0 Å². The van der Waals surface area contributed by atoms with E-state index >= 15 is 0 Å². The number of hydrogen-bond donors (Lipinski definition) is 1. The zero-order valence-electron chi connectivity index (χ0n) is 17.6. The lowest BCUT2D eigenvalue weighted by molar-refractivity contribution is -0.0514. The number of rotatable bonds is 8. The Kier molecular flexibility index (Phi) is 7.48. The Balaban J connectivity index is 1.70. The average molecular weight is 421 g/mol. The Morgan fingerprint density at radius 1 is 1.33 bits per heavy atom. The van der Waals surface area contributed by atoms with Crippen LogP contribution < -0.4 is 14.8 Å². The number of hydrogen-bond acceptors (Lipinski definition) is 4. The number of aromatic nitrogens is 2. The highest BCUT2D eigenvalue weighted by Crippen LogP contribution is 2.30. The summed E-state index contributed by atoms with van der Waals surface area (Å²) in [5.74, 6) is 1.60. The van der Waals surface area contributed by atoms with E-state index in [1.807, 2.05) is 24.9 Å². The predicted molar refractivity (Wildman–Crippen MR) is 111 cm³/mol. The number of guanidine groups is 1. The van der Waals surface area contributed by atoms with Gasteiger partial charge < -0.3 is 19.7 Å². The molecule has 1 unspecified atom stereocenters. The Bertz CT molecular complexity index is 856. The molecule has 0 bridgehead atoms. The second-order valence-electron chi connectivity index (χ2n) is 7.14. The molecule has 0 radical (unpaired) electrons. The summed E-state index contributed by atoms with van der Waals surface area (Å²) >= 11 is 0. The Morgan fingerprint density at radius 3 is 2.83 bits per heavy atom.